The Bertz CT molecular complexity index is 2590. The van der Waals surface area contributed by atoms with Gasteiger partial charge in [-0.05, 0) is 134 Å². The van der Waals surface area contributed by atoms with Gasteiger partial charge in [0.15, 0.2) is 0 Å². The Morgan fingerprint density at radius 2 is 0.403 bits per heavy atom. The van der Waals surface area contributed by atoms with E-state index in [0.717, 1.165) is 56.4 Å². The maximum absolute atomic E-state index is 2.32. The van der Waals surface area contributed by atoms with Crippen molar-refractivity contribution < 1.29 is 0 Å². The molecule has 0 aliphatic heterocycles. The molecule has 0 heterocycles. The van der Waals surface area contributed by atoms with Gasteiger partial charge >= 0.3 is 0 Å². The summed E-state index contributed by atoms with van der Waals surface area (Å²) in [5.41, 5.74) is 18.7. The SMILES string of the molecule is Cc1ccc(C=CC=Cc2ccc(N(c3ccc(C)cc3)c3ccc(-c4ccc(N(c5ccc(C)cc5)c5ccc(C=CC=Cc6ccc(C)cc6)cc5)cc4)cc3)cc2)cc1. The van der Waals surface area contributed by atoms with Crippen molar-refractivity contribution in [2.24, 2.45) is 0 Å². The van der Waals surface area contributed by atoms with Gasteiger partial charge < -0.3 is 9.80 Å². The number of allylic oxidation sites excluding steroid dienone is 4. The number of rotatable bonds is 13. The van der Waals surface area contributed by atoms with E-state index in [1.54, 1.807) is 0 Å². The molecule has 8 aromatic rings. The summed E-state index contributed by atoms with van der Waals surface area (Å²) < 4.78 is 0. The Morgan fingerprint density at radius 1 is 0.226 bits per heavy atom. The van der Waals surface area contributed by atoms with Gasteiger partial charge in [-0.15, -0.1) is 0 Å². The molecule has 0 atom stereocenters. The Morgan fingerprint density at radius 3 is 0.645 bits per heavy atom. The second-order valence-electron chi connectivity index (χ2n) is 15.9. The van der Waals surface area contributed by atoms with Crippen LogP contribution in [0.25, 0.3) is 35.4 Å². The molecule has 0 amide bonds. The first-order chi connectivity index (χ1) is 30.3. The standard InChI is InChI=1S/C60H52N2/c1-45-13-21-49(22-14-45)9-5-7-11-51-25-37-57(38-26-51)61(55-33-17-47(3)18-34-55)59-41-29-53(30-42-59)54-31-43-60(44-32-54)62(56-35-19-48(4)20-36-56)58-39-27-52(28-40-58)12-8-6-10-50-23-15-46(2)16-24-50/h5-44H,1-4H3. The third-order valence-corrected chi connectivity index (χ3v) is 11.0. The molecule has 0 saturated carbocycles. The Kier molecular flexibility index (Phi) is 13.0. The van der Waals surface area contributed by atoms with Gasteiger partial charge in [0.25, 0.3) is 0 Å². The van der Waals surface area contributed by atoms with Crippen molar-refractivity contribution in [3.05, 3.63) is 263 Å². The molecule has 0 bridgehead atoms. The van der Waals surface area contributed by atoms with Gasteiger partial charge in [0, 0.05) is 34.1 Å². The normalized spacial score (nSPS) is 11.6. The molecule has 2 heteroatoms. The molecular weight excluding hydrogens is 749 g/mol. The van der Waals surface area contributed by atoms with Gasteiger partial charge in [-0.1, -0.05) is 192 Å². The van der Waals surface area contributed by atoms with Gasteiger partial charge in [-0.2, -0.15) is 0 Å². The minimum absolute atomic E-state index is 1.10. The van der Waals surface area contributed by atoms with E-state index in [1.807, 2.05) is 0 Å². The van der Waals surface area contributed by atoms with Gasteiger partial charge in [0.1, 0.15) is 0 Å². The predicted molar refractivity (Wildman–Crippen MR) is 269 cm³/mol. The van der Waals surface area contributed by atoms with E-state index in [1.165, 1.54) is 33.4 Å². The lowest BCUT2D eigenvalue weighted by Gasteiger charge is -2.26. The molecular formula is C60H52N2. The van der Waals surface area contributed by atoms with Crippen LogP contribution in [0.15, 0.2) is 218 Å². The van der Waals surface area contributed by atoms with Crippen molar-refractivity contribution in [2.75, 3.05) is 9.80 Å². The molecule has 0 spiro atoms. The molecule has 302 valence electrons. The number of benzene rings is 8. The molecule has 0 N–H and O–H groups in total. The number of anilines is 6. The predicted octanol–water partition coefficient (Wildman–Crippen LogP) is 17.0. The van der Waals surface area contributed by atoms with Crippen LogP contribution in [0.2, 0.25) is 0 Å². The molecule has 0 aromatic heterocycles. The van der Waals surface area contributed by atoms with Crippen molar-refractivity contribution in [1.82, 2.24) is 0 Å². The highest BCUT2D eigenvalue weighted by Crippen LogP contribution is 2.38. The Hall–Kier alpha value is -7.68. The van der Waals surface area contributed by atoms with E-state index in [9.17, 15) is 0 Å². The quantitative estimate of drug-likeness (QED) is 0.107. The second-order valence-corrected chi connectivity index (χ2v) is 15.9. The van der Waals surface area contributed by atoms with Crippen molar-refractivity contribution >= 4 is 58.4 Å². The smallest absolute Gasteiger partial charge is 0.0462 e. The topological polar surface area (TPSA) is 6.48 Å². The first-order valence-corrected chi connectivity index (χ1v) is 21.3. The largest absolute Gasteiger partial charge is 0.311 e. The molecule has 8 aromatic carbocycles. The zero-order chi connectivity index (χ0) is 42.7. The summed E-state index contributed by atoms with van der Waals surface area (Å²) in [5.74, 6) is 0. The molecule has 0 unspecified atom stereocenters. The van der Waals surface area contributed by atoms with Crippen LogP contribution in [0.3, 0.4) is 0 Å². The summed E-state index contributed by atoms with van der Waals surface area (Å²) in [4.78, 5) is 4.64. The maximum Gasteiger partial charge on any atom is 0.0462 e. The van der Waals surface area contributed by atoms with Crippen LogP contribution in [0, 0.1) is 27.7 Å². The third kappa shape index (κ3) is 10.5. The van der Waals surface area contributed by atoms with Crippen LogP contribution >= 0.6 is 0 Å². The summed E-state index contributed by atoms with van der Waals surface area (Å²) in [5, 5.41) is 0. The first kappa shape index (κ1) is 41.1. The highest BCUT2D eigenvalue weighted by atomic mass is 15.1. The Labute approximate surface area is 368 Å². The maximum atomic E-state index is 2.32. The lowest BCUT2D eigenvalue weighted by atomic mass is 10.0. The van der Waals surface area contributed by atoms with Gasteiger partial charge in [0.2, 0.25) is 0 Å². The van der Waals surface area contributed by atoms with Crippen LogP contribution in [0.4, 0.5) is 34.1 Å². The van der Waals surface area contributed by atoms with Crippen LogP contribution < -0.4 is 9.80 Å². The fourth-order valence-corrected chi connectivity index (χ4v) is 7.38. The molecule has 0 radical (unpaired) electrons. The fourth-order valence-electron chi connectivity index (χ4n) is 7.38. The van der Waals surface area contributed by atoms with E-state index < -0.39 is 0 Å². The number of nitrogens with zero attached hydrogens (tertiary/aromatic N) is 2. The highest BCUT2D eigenvalue weighted by Gasteiger charge is 2.15. The van der Waals surface area contributed by atoms with E-state index in [0.29, 0.717) is 0 Å². The number of hydrogen-bond acceptors (Lipinski definition) is 2. The third-order valence-electron chi connectivity index (χ3n) is 11.0. The van der Waals surface area contributed by atoms with Crippen molar-refractivity contribution in [3.63, 3.8) is 0 Å². The summed E-state index contributed by atoms with van der Waals surface area (Å²) >= 11 is 0. The molecule has 0 aliphatic carbocycles. The van der Waals surface area contributed by atoms with E-state index >= 15 is 0 Å². The van der Waals surface area contributed by atoms with Gasteiger partial charge in [0.05, 0.1) is 0 Å². The average Bonchev–Trinajstić information content (AvgIpc) is 3.31. The summed E-state index contributed by atoms with van der Waals surface area (Å²) in [6, 6.07) is 69.9. The molecule has 0 saturated heterocycles. The summed E-state index contributed by atoms with van der Waals surface area (Å²) in [6.45, 7) is 8.48. The number of aryl methyl sites for hydroxylation is 4. The van der Waals surface area contributed by atoms with Crippen LogP contribution in [0.5, 0.6) is 0 Å². The minimum Gasteiger partial charge on any atom is -0.311 e. The van der Waals surface area contributed by atoms with Crippen molar-refractivity contribution in [1.29, 1.82) is 0 Å². The van der Waals surface area contributed by atoms with Crippen LogP contribution in [0.1, 0.15) is 44.5 Å². The molecule has 0 fully saturated rings. The summed E-state index contributed by atoms with van der Waals surface area (Å²) in [7, 11) is 0. The monoisotopic (exact) mass is 800 g/mol. The lowest BCUT2D eigenvalue weighted by molar-refractivity contribution is 1.27. The molecule has 2 nitrogen and oxygen atoms in total. The van der Waals surface area contributed by atoms with E-state index in [4.69, 9.17) is 0 Å². The average molecular weight is 801 g/mol. The van der Waals surface area contributed by atoms with Gasteiger partial charge in [-0.3, -0.25) is 0 Å². The summed E-state index contributed by atoms with van der Waals surface area (Å²) in [6.07, 6.45) is 16.9. The zero-order valence-corrected chi connectivity index (χ0v) is 36.0. The second kappa shape index (κ2) is 19.6. The number of hydrogen-bond donors (Lipinski definition) is 0. The molecule has 8 rings (SSSR count). The van der Waals surface area contributed by atoms with E-state index in [2.05, 4.69) is 280 Å². The van der Waals surface area contributed by atoms with Crippen LogP contribution in [-0.2, 0) is 0 Å². The fraction of sp³-hybridized carbons (Fsp3) is 0.0667. The Balaban J connectivity index is 1.00. The molecule has 62 heavy (non-hydrogen) atoms. The highest BCUT2D eigenvalue weighted by molar-refractivity contribution is 5.81. The van der Waals surface area contributed by atoms with Crippen molar-refractivity contribution in [3.8, 4) is 11.1 Å². The zero-order valence-electron chi connectivity index (χ0n) is 36.0. The van der Waals surface area contributed by atoms with Gasteiger partial charge in [-0.25, -0.2) is 0 Å². The van der Waals surface area contributed by atoms with Crippen LogP contribution in [-0.4, -0.2) is 0 Å². The molecule has 0 aliphatic rings. The lowest BCUT2D eigenvalue weighted by Crippen LogP contribution is -2.10. The minimum atomic E-state index is 1.10. The first-order valence-electron chi connectivity index (χ1n) is 21.3. The van der Waals surface area contributed by atoms with Crippen molar-refractivity contribution in [2.45, 2.75) is 27.7 Å². The van der Waals surface area contributed by atoms with E-state index in [-0.39, 0.29) is 0 Å².